The van der Waals surface area contributed by atoms with Gasteiger partial charge in [-0.15, -0.1) is 0 Å². The highest BCUT2D eigenvalue weighted by Crippen LogP contribution is 2.21. The van der Waals surface area contributed by atoms with Crippen LogP contribution in [0, 0.1) is 10.1 Å². The number of non-ortho nitro benzene ring substituents is 1. The van der Waals surface area contributed by atoms with Crippen molar-refractivity contribution in [3.8, 4) is 5.75 Å². The first kappa shape index (κ1) is 11.7. The van der Waals surface area contributed by atoms with Gasteiger partial charge < -0.3 is 5.11 Å². The summed E-state index contributed by atoms with van der Waals surface area (Å²) in [6, 6.07) is 9.09. The number of benzene rings is 1. The second kappa shape index (κ2) is 5.05. The van der Waals surface area contributed by atoms with Crippen molar-refractivity contribution in [2.45, 2.75) is 0 Å². The molecule has 90 valence electrons. The van der Waals surface area contributed by atoms with Crippen LogP contribution in [-0.2, 0) is 0 Å². The first-order valence-electron chi connectivity index (χ1n) is 5.09. The van der Waals surface area contributed by atoms with E-state index in [0.29, 0.717) is 5.56 Å². The molecule has 2 aromatic rings. The minimum Gasteiger partial charge on any atom is -0.504 e. The van der Waals surface area contributed by atoms with Crippen LogP contribution < -0.4 is 0 Å². The molecule has 0 fully saturated rings. The second-order valence-corrected chi connectivity index (χ2v) is 3.46. The summed E-state index contributed by atoms with van der Waals surface area (Å²) in [6.07, 6.45) is 2.91. The van der Waals surface area contributed by atoms with Gasteiger partial charge in [-0.05, 0) is 17.7 Å². The summed E-state index contributed by atoms with van der Waals surface area (Å²) in [6.45, 7) is 0. The molecule has 0 saturated heterocycles. The van der Waals surface area contributed by atoms with Gasteiger partial charge in [-0.2, -0.15) is 0 Å². The number of hydrogen-bond donors (Lipinski definition) is 1. The number of nitro benzene ring substituents is 1. The molecule has 18 heavy (non-hydrogen) atoms. The molecule has 0 radical (unpaired) electrons. The molecule has 0 aliphatic carbocycles. The Bertz CT molecular complexity index is 611. The Morgan fingerprint density at radius 2 is 2.17 bits per heavy atom. The van der Waals surface area contributed by atoms with Gasteiger partial charge in [0.15, 0.2) is 11.6 Å². The Balaban J connectivity index is 2.27. The van der Waals surface area contributed by atoms with Crippen molar-refractivity contribution in [2.24, 2.45) is 4.99 Å². The lowest BCUT2D eigenvalue weighted by Gasteiger charge is -1.96. The predicted octanol–water partition coefficient (Wildman–Crippen LogP) is 2.45. The smallest absolute Gasteiger partial charge is 0.270 e. The third-order valence-electron chi connectivity index (χ3n) is 2.18. The van der Waals surface area contributed by atoms with E-state index in [0.717, 1.165) is 0 Å². The number of nitrogens with zero attached hydrogens (tertiary/aromatic N) is 3. The number of rotatable bonds is 3. The van der Waals surface area contributed by atoms with Crippen LogP contribution in [0.5, 0.6) is 5.75 Å². The van der Waals surface area contributed by atoms with Crippen molar-refractivity contribution in [3.63, 3.8) is 0 Å². The summed E-state index contributed by atoms with van der Waals surface area (Å²) in [7, 11) is 0. The summed E-state index contributed by atoms with van der Waals surface area (Å²) in [5.41, 5.74) is 0.554. The van der Waals surface area contributed by atoms with Gasteiger partial charge in [0.05, 0.1) is 4.92 Å². The fraction of sp³-hybridized carbons (Fsp3) is 0. The highest BCUT2D eigenvalue weighted by Gasteiger charge is 2.04. The van der Waals surface area contributed by atoms with Crippen LogP contribution in [0.15, 0.2) is 47.6 Å². The van der Waals surface area contributed by atoms with Gasteiger partial charge in [0, 0.05) is 24.5 Å². The van der Waals surface area contributed by atoms with E-state index < -0.39 is 4.92 Å². The summed E-state index contributed by atoms with van der Waals surface area (Å²) in [5.74, 6) is 0.128. The molecule has 6 heteroatoms. The molecule has 2 rings (SSSR count). The highest BCUT2D eigenvalue weighted by molar-refractivity contribution is 5.82. The number of pyridine rings is 1. The van der Waals surface area contributed by atoms with Crippen molar-refractivity contribution in [1.82, 2.24) is 4.98 Å². The van der Waals surface area contributed by atoms with Gasteiger partial charge in [-0.25, -0.2) is 9.98 Å². The van der Waals surface area contributed by atoms with Crippen molar-refractivity contribution in [1.29, 1.82) is 0 Å². The normalized spacial score (nSPS) is 10.7. The molecule has 1 aromatic carbocycles. The van der Waals surface area contributed by atoms with Crippen LogP contribution in [-0.4, -0.2) is 21.2 Å². The number of aliphatic imine (C=N–C) groups is 1. The van der Waals surface area contributed by atoms with Gasteiger partial charge in [-0.1, -0.05) is 12.1 Å². The van der Waals surface area contributed by atoms with E-state index in [-0.39, 0.29) is 17.3 Å². The Morgan fingerprint density at radius 3 is 2.89 bits per heavy atom. The minimum absolute atomic E-state index is 0.0100. The van der Waals surface area contributed by atoms with Crippen molar-refractivity contribution in [3.05, 3.63) is 58.3 Å². The van der Waals surface area contributed by atoms with E-state index in [1.807, 2.05) is 0 Å². The molecule has 0 saturated carbocycles. The Kier molecular flexibility index (Phi) is 3.29. The molecule has 1 aromatic heterocycles. The Hall–Kier alpha value is -2.76. The third kappa shape index (κ3) is 2.67. The van der Waals surface area contributed by atoms with Crippen molar-refractivity contribution in [2.75, 3.05) is 0 Å². The van der Waals surface area contributed by atoms with Gasteiger partial charge in [0.2, 0.25) is 0 Å². The lowest BCUT2D eigenvalue weighted by Crippen LogP contribution is -1.89. The zero-order chi connectivity index (χ0) is 13.0. The van der Waals surface area contributed by atoms with Gasteiger partial charge in [0.1, 0.15) is 0 Å². The van der Waals surface area contributed by atoms with Crippen molar-refractivity contribution >= 4 is 17.7 Å². The van der Waals surface area contributed by atoms with Crippen LogP contribution in [0.25, 0.3) is 0 Å². The van der Waals surface area contributed by atoms with E-state index in [4.69, 9.17) is 0 Å². The second-order valence-electron chi connectivity index (χ2n) is 3.46. The SMILES string of the molecule is O=[N+]([O-])c1cccc(/C=N/c2ncccc2O)c1. The molecule has 1 heterocycles. The summed E-state index contributed by atoms with van der Waals surface area (Å²) in [4.78, 5) is 18.0. The van der Waals surface area contributed by atoms with Crippen molar-refractivity contribution < 1.29 is 10.0 Å². The highest BCUT2D eigenvalue weighted by atomic mass is 16.6. The topological polar surface area (TPSA) is 88.6 Å². The van der Waals surface area contributed by atoms with Gasteiger partial charge >= 0.3 is 0 Å². The van der Waals surface area contributed by atoms with Crippen LogP contribution in [0.1, 0.15) is 5.56 Å². The summed E-state index contributed by atoms with van der Waals surface area (Å²) in [5, 5.41) is 20.0. The van der Waals surface area contributed by atoms with Crippen LogP contribution in [0.2, 0.25) is 0 Å². The average Bonchev–Trinajstić information content (AvgIpc) is 2.38. The number of aromatic nitrogens is 1. The molecule has 0 unspecified atom stereocenters. The fourth-order valence-corrected chi connectivity index (χ4v) is 1.34. The van der Waals surface area contributed by atoms with Crippen LogP contribution in [0.4, 0.5) is 11.5 Å². The standard InChI is InChI=1S/C12H9N3O3/c16-11-5-2-6-13-12(11)14-8-9-3-1-4-10(7-9)15(17)18/h1-8,16H/b14-8+. The predicted molar refractivity (Wildman–Crippen MR) is 66.3 cm³/mol. The molecule has 6 nitrogen and oxygen atoms in total. The molecule has 0 aliphatic heterocycles. The third-order valence-corrected chi connectivity index (χ3v) is 2.18. The maximum atomic E-state index is 10.6. The van der Waals surface area contributed by atoms with E-state index in [9.17, 15) is 15.2 Å². The quantitative estimate of drug-likeness (QED) is 0.509. The molecule has 0 atom stereocenters. The molecule has 0 bridgehead atoms. The van der Waals surface area contributed by atoms with Gasteiger partial charge in [0.25, 0.3) is 5.69 Å². The molecular weight excluding hydrogens is 234 g/mol. The minimum atomic E-state index is -0.477. The van der Waals surface area contributed by atoms with Crippen LogP contribution >= 0.6 is 0 Å². The zero-order valence-electron chi connectivity index (χ0n) is 9.22. The van der Waals surface area contributed by atoms with Crippen LogP contribution in [0.3, 0.4) is 0 Å². The molecule has 0 spiro atoms. The Morgan fingerprint density at radius 1 is 1.33 bits per heavy atom. The monoisotopic (exact) mass is 243 g/mol. The van der Waals surface area contributed by atoms with E-state index in [1.54, 1.807) is 18.2 Å². The molecule has 0 aliphatic rings. The number of aromatic hydroxyl groups is 1. The number of hydrogen-bond acceptors (Lipinski definition) is 5. The molecule has 1 N–H and O–H groups in total. The maximum Gasteiger partial charge on any atom is 0.270 e. The largest absolute Gasteiger partial charge is 0.504 e. The summed E-state index contributed by atoms with van der Waals surface area (Å²) < 4.78 is 0. The maximum absolute atomic E-state index is 10.6. The first-order chi connectivity index (χ1) is 8.66. The lowest BCUT2D eigenvalue weighted by molar-refractivity contribution is -0.384. The Labute approximate surface area is 102 Å². The van der Waals surface area contributed by atoms with E-state index >= 15 is 0 Å². The van der Waals surface area contributed by atoms with E-state index in [1.165, 1.54) is 30.6 Å². The lowest BCUT2D eigenvalue weighted by atomic mass is 10.2. The van der Waals surface area contributed by atoms with Gasteiger partial charge in [-0.3, -0.25) is 10.1 Å². The molecule has 0 amide bonds. The average molecular weight is 243 g/mol. The fourth-order valence-electron chi connectivity index (χ4n) is 1.34. The summed E-state index contributed by atoms with van der Waals surface area (Å²) >= 11 is 0. The van der Waals surface area contributed by atoms with E-state index in [2.05, 4.69) is 9.98 Å². The first-order valence-corrected chi connectivity index (χ1v) is 5.09. The number of nitro groups is 1. The zero-order valence-corrected chi connectivity index (χ0v) is 9.22. The molecular formula is C12H9N3O3.